The molecule has 0 saturated carbocycles. The average Bonchev–Trinajstić information content (AvgIpc) is 2.65. The highest BCUT2D eigenvalue weighted by molar-refractivity contribution is 7.99. The van der Waals surface area contributed by atoms with Crippen molar-refractivity contribution in [2.24, 2.45) is 0 Å². The molecule has 0 bridgehead atoms. The molecule has 4 nitrogen and oxygen atoms in total. The second-order valence-electron chi connectivity index (χ2n) is 5.69. The Morgan fingerprint density at radius 3 is 2.68 bits per heavy atom. The number of ether oxygens (including phenoxy) is 1. The molecule has 130 valence electrons. The summed E-state index contributed by atoms with van der Waals surface area (Å²) in [7, 11) is 0. The number of para-hydroxylation sites is 1. The van der Waals surface area contributed by atoms with Crippen LogP contribution in [0.2, 0.25) is 5.02 Å². The third-order valence-electron chi connectivity index (χ3n) is 3.80. The van der Waals surface area contributed by atoms with Crippen molar-refractivity contribution in [3.05, 3.63) is 65.4 Å². The van der Waals surface area contributed by atoms with Gasteiger partial charge >= 0.3 is 0 Å². The van der Waals surface area contributed by atoms with Crippen LogP contribution >= 0.6 is 23.4 Å². The van der Waals surface area contributed by atoms with Gasteiger partial charge in [0.25, 0.3) is 0 Å². The number of benzene rings is 2. The SMILES string of the molecule is C[C@H](OC[C@H](O)CSc1ncnc2ccccc12)c1ccc(Cl)cc1. The number of aliphatic hydroxyl groups excluding tert-OH is 1. The number of rotatable bonds is 7. The van der Waals surface area contributed by atoms with E-state index in [1.807, 2.05) is 55.5 Å². The Bertz CT molecular complexity index is 824. The zero-order chi connectivity index (χ0) is 17.6. The molecular formula is C19H19ClN2O2S. The molecule has 0 radical (unpaired) electrons. The van der Waals surface area contributed by atoms with Gasteiger partial charge < -0.3 is 9.84 Å². The summed E-state index contributed by atoms with van der Waals surface area (Å²) in [6.07, 6.45) is 0.876. The van der Waals surface area contributed by atoms with Crippen molar-refractivity contribution < 1.29 is 9.84 Å². The van der Waals surface area contributed by atoms with Crippen LogP contribution in [0.3, 0.4) is 0 Å². The van der Waals surface area contributed by atoms with Gasteiger partial charge in [0.15, 0.2) is 0 Å². The van der Waals surface area contributed by atoms with Crippen molar-refractivity contribution in [1.29, 1.82) is 0 Å². The highest BCUT2D eigenvalue weighted by Crippen LogP contribution is 2.25. The van der Waals surface area contributed by atoms with Crippen LogP contribution in [0.4, 0.5) is 0 Å². The first-order chi connectivity index (χ1) is 12.1. The summed E-state index contributed by atoms with van der Waals surface area (Å²) in [5.41, 5.74) is 1.94. The van der Waals surface area contributed by atoms with E-state index in [9.17, 15) is 5.11 Å². The number of nitrogens with zero attached hydrogens (tertiary/aromatic N) is 2. The maximum Gasteiger partial charge on any atom is 0.117 e. The quantitative estimate of drug-likeness (QED) is 0.487. The third-order valence-corrected chi connectivity index (χ3v) is 5.20. The van der Waals surface area contributed by atoms with Gasteiger partial charge in [0.2, 0.25) is 0 Å². The lowest BCUT2D eigenvalue weighted by molar-refractivity contribution is 0.00622. The molecule has 1 heterocycles. The third kappa shape index (κ3) is 4.92. The van der Waals surface area contributed by atoms with E-state index in [0.717, 1.165) is 21.5 Å². The fourth-order valence-electron chi connectivity index (χ4n) is 2.40. The van der Waals surface area contributed by atoms with Gasteiger partial charge in [0.1, 0.15) is 11.4 Å². The van der Waals surface area contributed by atoms with Crippen LogP contribution in [0.15, 0.2) is 59.9 Å². The first-order valence-corrected chi connectivity index (χ1v) is 9.37. The zero-order valence-electron chi connectivity index (χ0n) is 13.8. The summed E-state index contributed by atoms with van der Waals surface area (Å²) in [5.74, 6) is 0.508. The molecule has 3 rings (SSSR count). The first kappa shape index (κ1) is 18.1. The number of aliphatic hydroxyl groups is 1. The molecule has 0 aliphatic carbocycles. The lowest BCUT2D eigenvalue weighted by atomic mass is 10.1. The number of hydrogen-bond acceptors (Lipinski definition) is 5. The van der Waals surface area contributed by atoms with E-state index in [-0.39, 0.29) is 12.7 Å². The van der Waals surface area contributed by atoms with Crippen LogP contribution in [-0.4, -0.2) is 33.5 Å². The highest BCUT2D eigenvalue weighted by atomic mass is 35.5. The van der Waals surface area contributed by atoms with Crippen LogP contribution in [0, 0.1) is 0 Å². The van der Waals surface area contributed by atoms with Gasteiger partial charge in [-0.15, -0.1) is 11.8 Å². The second-order valence-corrected chi connectivity index (χ2v) is 7.13. The van der Waals surface area contributed by atoms with E-state index in [2.05, 4.69) is 9.97 Å². The Kier molecular flexibility index (Phi) is 6.26. The van der Waals surface area contributed by atoms with Crippen molar-refractivity contribution in [3.8, 4) is 0 Å². The second kappa shape index (κ2) is 8.63. The molecular weight excluding hydrogens is 356 g/mol. The molecule has 0 unspecified atom stereocenters. The molecule has 0 amide bonds. The van der Waals surface area contributed by atoms with Gasteiger partial charge in [-0.05, 0) is 30.7 Å². The van der Waals surface area contributed by atoms with E-state index in [1.165, 1.54) is 11.8 Å². The summed E-state index contributed by atoms with van der Waals surface area (Å²) in [6.45, 7) is 2.22. The lowest BCUT2D eigenvalue weighted by Crippen LogP contribution is -2.19. The van der Waals surface area contributed by atoms with Gasteiger partial charge in [0.05, 0.1) is 24.3 Å². The van der Waals surface area contributed by atoms with Gasteiger partial charge in [-0.1, -0.05) is 41.9 Å². The molecule has 1 N–H and O–H groups in total. The Morgan fingerprint density at radius 1 is 1.12 bits per heavy atom. The monoisotopic (exact) mass is 374 g/mol. The largest absolute Gasteiger partial charge is 0.390 e. The number of fused-ring (bicyclic) bond motifs is 1. The predicted molar refractivity (Wildman–Crippen MR) is 102 cm³/mol. The minimum absolute atomic E-state index is 0.100. The van der Waals surface area contributed by atoms with Crippen LogP contribution < -0.4 is 0 Å². The Hall–Kier alpha value is -1.66. The lowest BCUT2D eigenvalue weighted by Gasteiger charge is -2.17. The van der Waals surface area contributed by atoms with Gasteiger partial charge in [-0.3, -0.25) is 0 Å². The smallest absolute Gasteiger partial charge is 0.117 e. The van der Waals surface area contributed by atoms with Crippen molar-refractivity contribution in [1.82, 2.24) is 9.97 Å². The van der Waals surface area contributed by atoms with Gasteiger partial charge in [-0.2, -0.15) is 0 Å². The topological polar surface area (TPSA) is 55.2 Å². The average molecular weight is 375 g/mol. The van der Waals surface area contributed by atoms with Crippen molar-refractivity contribution in [2.75, 3.05) is 12.4 Å². The maximum absolute atomic E-state index is 10.2. The van der Waals surface area contributed by atoms with Crippen LogP contribution in [0.1, 0.15) is 18.6 Å². The standard InChI is InChI=1S/C19H19ClN2O2S/c1-13(14-6-8-15(20)9-7-14)24-10-16(23)11-25-19-17-4-2-3-5-18(17)21-12-22-19/h2-9,12-13,16,23H,10-11H2,1H3/t13-,16-/m0/s1. The minimum atomic E-state index is -0.575. The molecule has 0 saturated heterocycles. The highest BCUT2D eigenvalue weighted by Gasteiger charge is 2.12. The summed E-state index contributed by atoms with van der Waals surface area (Å²) in [6, 6.07) is 15.4. The normalized spacial score (nSPS) is 13.7. The molecule has 25 heavy (non-hydrogen) atoms. The summed E-state index contributed by atoms with van der Waals surface area (Å²) in [5, 5.41) is 12.8. The first-order valence-electron chi connectivity index (χ1n) is 8.01. The van der Waals surface area contributed by atoms with Crippen molar-refractivity contribution in [2.45, 2.75) is 24.2 Å². The molecule has 0 spiro atoms. The Balaban J connectivity index is 1.52. The van der Waals surface area contributed by atoms with Crippen LogP contribution in [0.5, 0.6) is 0 Å². The summed E-state index contributed by atoms with van der Waals surface area (Å²) >= 11 is 7.40. The minimum Gasteiger partial charge on any atom is -0.390 e. The molecule has 2 atom stereocenters. The van der Waals surface area contributed by atoms with Crippen LogP contribution in [0.25, 0.3) is 10.9 Å². The Labute approximate surface area is 156 Å². The molecule has 2 aromatic carbocycles. The van der Waals surface area contributed by atoms with E-state index in [4.69, 9.17) is 16.3 Å². The molecule has 0 aliphatic rings. The molecule has 3 aromatic rings. The number of aromatic nitrogens is 2. The van der Waals surface area contributed by atoms with Crippen molar-refractivity contribution >= 4 is 34.3 Å². The van der Waals surface area contributed by atoms with E-state index in [1.54, 1.807) is 6.33 Å². The number of halogens is 1. The fourth-order valence-corrected chi connectivity index (χ4v) is 3.43. The molecule has 1 aromatic heterocycles. The van der Waals surface area contributed by atoms with E-state index in [0.29, 0.717) is 10.8 Å². The summed E-state index contributed by atoms with van der Waals surface area (Å²) < 4.78 is 5.77. The van der Waals surface area contributed by atoms with E-state index >= 15 is 0 Å². The van der Waals surface area contributed by atoms with Gasteiger partial charge in [-0.25, -0.2) is 9.97 Å². The summed E-state index contributed by atoms with van der Waals surface area (Å²) in [4.78, 5) is 8.56. The molecule has 0 aliphatic heterocycles. The zero-order valence-corrected chi connectivity index (χ0v) is 15.4. The molecule has 6 heteroatoms. The van der Waals surface area contributed by atoms with Gasteiger partial charge in [0, 0.05) is 16.2 Å². The van der Waals surface area contributed by atoms with Crippen molar-refractivity contribution in [3.63, 3.8) is 0 Å². The van der Waals surface area contributed by atoms with Crippen LogP contribution in [-0.2, 0) is 4.74 Å². The van der Waals surface area contributed by atoms with E-state index < -0.39 is 6.10 Å². The number of hydrogen-bond donors (Lipinski definition) is 1. The Morgan fingerprint density at radius 2 is 1.88 bits per heavy atom. The fraction of sp³-hybridized carbons (Fsp3) is 0.263. The number of thioether (sulfide) groups is 1. The predicted octanol–water partition coefficient (Wildman–Crippen LogP) is 4.51. The molecule has 0 fully saturated rings. The maximum atomic E-state index is 10.2.